The van der Waals surface area contributed by atoms with Crippen LogP contribution < -0.4 is 32.1 Å². The number of aromatic nitrogens is 7. The van der Waals surface area contributed by atoms with E-state index in [-0.39, 0.29) is 53.9 Å². The molecule has 0 radical (unpaired) electrons. The number of hydrogen-bond donors (Lipinski definition) is 6. The lowest BCUT2D eigenvalue weighted by Gasteiger charge is -2.32. The second kappa shape index (κ2) is 19.7. The zero-order valence-electron chi connectivity index (χ0n) is 37.6. The Kier molecular flexibility index (Phi) is 13.9. The molecule has 7 N–H and O–H groups in total. The van der Waals surface area contributed by atoms with Gasteiger partial charge >= 0.3 is 5.97 Å². The zero-order valence-corrected chi connectivity index (χ0v) is 37.6. The lowest BCUT2D eigenvalue weighted by molar-refractivity contribution is -0.139. The second-order valence-corrected chi connectivity index (χ2v) is 17.3. The zero-order chi connectivity index (χ0) is 47.2. The second-order valence-electron chi connectivity index (χ2n) is 17.3. The normalized spacial score (nSPS) is 12.8. The highest BCUT2D eigenvalue weighted by atomic mass is 16.5. The van der Waals surface area contributed by atoms with Crippen LogP contribution in [-0.2, 0) is 37.7 Å². The van der Waals surface area contributed by atoms with Gasteiger partial charge in [-0.25, -0.2) is 19.4 Å². The molecule has 1 aliphatic rings. The third-order valence-electron chi connectivity index (χ3n) is 11.5. The molecule has 0 saturated heterocycles. The van der Waals surface area contributed by atoms with E-state index in [0.29, 0.717) is 56.0 Å². The van der Waals surface area contributed by atoms with Crippen LogP contribution >= 0.6 is 0 Å². The first kappa shape index (κ1) is 46.5. The summed E-state index contributed by atoms with van der Waals surface area (Å²) in [5.41, 5.74) is 10.6. The topological polar surface area (TPSA) is 265 Å². The Hall–Kier alpha value is -7.54. The van der Waals surface area contributed by atoms with Crippen molar-refractivity contribution in [1.29, 1.82) is 0 Å². The maximum atomic E-state index is 13.2. The minimum Gasteiger partial charge on any atom is -0.480 e. The van der Waals surface area contributed by atoms with Gasteiger partial charge in [0.1, 0.15) is 11.7 Å². The molecule has 3 amide bonds. The number of aliphatic carboxylic acids is 1. The number of rotatable bonds is 18. The Labute approximate surface area is 380 Å². The highest BCUT2D eigenvalue weighted by Crippen LogP contribution is 2.43. The number of hydrogen-bond acceptors (Lipinski definition) is 13. The molecule has 6 aromatic rings. The Morgan fingerprint density at radius 3 is 2.42 bits per heavy atom. The van der Waals surface area contributed by atoms with Crippen LogP contribution in [0.2, 0.25) is 0 Å². The maximum absolute atomic E-state index is 13.2. The van der Waals surface area contributed by atoms with Crippen molar-refractivity contribution in [3.63, 3.8) is 0 Å². The molecular weight excluding hydrogens is 845 g/mol. The molecule has 1 atom stereocenters. The van der Waals surface area contributed by atoms with Crippen molar-refractivity contribution in [2.45, 2.75) is 97.0 Å². The van der Waals surface area contributed by atoms with Gasteiger partial charge in [-0.05, 0) is 82.9 Å². The number of carboxylic acids is 1. The van der Waals surface area contributed by atoms with Crippen LogP contribution in [0.5, 0.6) is 0 Å². The first-order valence-electron chi connectivity index (χ1n) is 21.8. The lowest BCUT2D eigenvalue weighted by atomic mass is 9.93. The minimum absolute atomic E-state index is 0.0229. The fourth-order valence-electron chi connectivity index (χ4n) is 7.71. The summed E-state index contributed by atoms with van der Waals surface area (Å²) in [6.07, 6.45) is 2.68. The molecule has 344 valence electrons. The summed E-state index contributed by atoms with van der Waals surface area (Å²) in [6.45, 7) is 11.3. The minimum atomic E-state index is -1.30. The third kappa shape index (κ3) is 10.7. The van der Waals surface area contributed by atoms with Gasteiger partial charge in [-0.2, -0.15) is 4.98 Å². The summed E-state index contributed by atoms with van der Waals surface area (Å²) in [6, 6.07) is 20.9. The van der Waals surface area contributed by atoms with E-state index in [9.17, 15) is 29.1 Å². The van der Waals surface area contributed by atoms with E-state index in [2.05, 4.69) is 49.7 Å². The third-order valence-corrected chi connectivity index (χ3v) is 11.5. The van der Waals surface area contributed by atoms with Gasteiger partial charge in [-0.15, -0.1) is 5.10 Å². The average molecular weight is 899 g/mol. The van der Waals surface area contributed by atoms with Crippen LogP contribution in [-0.4, -0.2) is 88.5 Å². The standard InChI is InChI=1S/C47H54N12O7/c1-6-37(61)58-27-29-11-7-8-12-32(29)40-38(33-13-9-10-14-35(33)58)56-57-59(40)46(2,3)22-24-66-47(4,5)21-23-49-36(60)20-19-34(44(64)65)53-42(62)28-15-17-30(18-16-28)50-25-31-26-51-41-39(52-31)43(63)55-45(48)54-41/h7-18,26,34,50H,6,19-25,27H2,1-5H3,(H,49,60)(H,53,62)(H,64,65)(H3,48,51,54,55,63)/t34-/m0/s1. The summed E-state index contributed by atoms with van der Waals surface area (Å²) >= 11 is 0. The first-order chi connectivity index (χ1) is 31.5. The molecule has 0 bridgehead atoms. The number of ether oxygens (including phenoxy) is 1. The number of carboxylic acid groups (broad SMARTS) is 1. The first-order valence-corrected chi connectivity index (χ1v) is 21.8. The Balaban J connectivity index is 0.878. The molecule has 3 aromatic heterocycles. The highest BCUT2D eigenvalue weighted by Gasteiger charge is 2.34. The molecule has 4 heterocycles. The lowest BCUT2D eigenvalue weighted by Crippen LogP contribution is -2.42. The van der Waals surface area contributed by atoms with Crippen LogP contribution in [0.3, 0.4) is 0 Å². The SMILES string of the molecule is CCC(=O)N1Cc2ccccc2-c2c(nnn2C(C)(C)CCOC(C)(C)CCNC(=O)CC[C@H](NC(=O)c2ccc(NCc3cnc4nc(N)[nH]c(=O)c4n3)cc2)C(=O)O)-c2ccccc21. The molecular formula is C47H54N12O7. The Morgan fingerprint density at radius 2 is 1.68 bits per heavy atom. The predicted octanol–water partition coefficient (Wildman–Crippen LogP) is 5.18. The number of H-pyrrole nitrogens is 1. The van der Waals surface area contributed by atoms with E-state index >= 15 is 0 Å². The van der Waals surface area contributed by atoms with E-state index in [1.54, 1.807) is 12.1 Å². The summed E-state index contributed by atoms with van der Waals surface area (Å²) in [7, 11) is 0. The van der Waals surface area contributed by atoms with Gasteiger partial charge in [0.2, 0.25) is 17.8 Å². The highest BCUT2D eigenvalue weighted by molar-refractivity contribution is 6.00. The van der Waals surface area contributed by atoms with E-state index in [1.807, 2.05) is 78.9 Å². The molecule has 19 nitrogen and oxygen atoms in total. The number of carbonyl (C=O) groups is 4. The molecule has 66 heavy (non-hydrogen) atoms. The Morgan fingerprint density at radius 1 is 0.955 bits per heavy atom. The van der Waals surface area contributed by atoms with Crippen molar-refractivity contribution in [2.24, 2.45) is 0 Å². The van der Waals surface area contributed by atoms with Crippen molar-refractivity contribution in [3.8, 4) is 22.5 Å². The average Bonchev–Trinajstić information content (AvgIpc) is 3.74. The largest absolute Gasteiger partial charge is 0.480 e. The van der Waals surface area contributed by atoms with Crippen molar-refractivity contribution in [3.05, 3.63) is 106 Å². The fourth-order valence-corrected chi connectivity index (χ4v) is 7.71. The van der Waals surface area contributed by atoms with E-state index in [0.717, 1.165) is 28.1 Å². The molecule has 0 aliphatic carbocycles. The monoisotopic (exact) mass is 898 g/mol. The van der Waals surface area contributed by atoms with Gasteiger partial charge in [0.25, 0.3) is 11.5 Å². The van der Waals surface area contributed by atoms with Gasteiger partial charge in [0.05, 0.1) is 47.5 Å². The van der Waals surface area contributed by atoms with Crippen molar-refractivity contribution < 1.29 is 29.0 Å². The van der Waals surface area contributed by atoms with Crippen LogP contribution in [0.15, 0.2) is 83.8 Å². The number of nitrogens with zero attached hydrogens (tertiary/aromatic N) is 7. The van der Waals surface area contributed by atoms with Gasteiger partial charge in [0, 0.05) is 48.4 Å². The molecule has 0 spiro atoms. The van der Waals surface area contributed by atoms with E-state index in [1.165, 1.54) is 18.3 Å². The number of para-hydroxylation sites is 1. The number of fused-ring (bicyclic) bond motifs is 6. The summed E-state index contributed by atoms with van der Waals surface area (Å²) < 4.78 is 8.34. The molecule has 0 fully saturated rings. The van der Waals surface area contributed by atoms with Gasteiger partial charge in [0.15, 0.2) is 11.2 Å². The number of nitrogen functional groups attached to an aromatic ring is 1. The number of nitrogens with one attached hydrogen (secondary N) is 4. The molecule has 0 unspecified atom stereocenters. The Bertz CT molecular complexity index is 2820. The van der Waals surface area contributed by atoms with Gasteiger partial charge in [-0.1, -0.05) is 54.6 Å². The number of anilines is 3. The number of benzene rings is 3. The van der Waals surface area contributed by atoms with Crippen LogP contribution in [0, 0.1) is 0 Å². The van der Waals surface area contributed by atoms with E-state index < -0.39 is 34.6 Å². The van der Waals surface area contributed by atoms with Crippen molar-refractivity contribution in [1.82, 2.24) is 45.6 Å². The van der Waals surface area contributed by atoms with Crippen molar-refractivity contribution >= 4 is 52.2 Å². The predicted molar refractivity (Wildman–Crippen MR) is 248 cm³/mol. The van der Waals surface area contributed by atoms with E-state index in [4.69, 9.17) is 20.8 Å². The summed E-state index contributed by atoms with van der Waals surface area (Å²) in [5, 5.41) is 27.8. The number of nitrogens with two attached hydrogens (primary N) is 1. The van der Waals surface area contributed by atoms with Gasteiger partial charge < -0.3 is 36.4 Å². The quantitative estimate of drug-likeness (QED) is 0.0650. The smallest absolute Gasteiger partial charge is 0.326 e. The summed E-state index contributed by atoms with van der Waals surface area (Å²) in [4.78, 5) is 79.9. The maximum Gasteiger partial charge on any atom is 0.326 e. The molecule has 3 aromatic carbocycles. The van der Waals surface area contributed by atoms with Gasteiger partial charge in [-0.3, -0.25) is 24.2 Å². The fraction of sp³-hybridized carbons (Fsp3) is 0.362. The molecule has 0 saturated carbocycles. The number of amides is 3. The summed E-state index contributed by atoms with van der Waals surface area (Å²) in [5.74, 6) is -2.25. The molecule has 19 heteroatoms. The van der Waals surface area contributed by atoms with Crippen molar-refractivity contribution in [2.75, 3.05) is 29.1 Å². The van der Waals surface area contributed by atoms with Crippen LogP contribution in [0.1, 0.15) is 88.3 Å². The van der Waals surface area contributed by atoms with Crippen LogP contribution in [0.25, 0.3) is 33.7 Å². The molecule has 1 aliphatic heterocycles. The van der Waals surface area contributed by atoms with Crippen LogP contribution in [0.4, 0.5) is 17.3 Å². The molecule has 7 rings (SSSR count). The number of aromatic amines is 1. The number of carbonyl (C=O) groups excluding carboxylic acids is 3.